The monoisotopic (exact) mass is 223 g/mol. The van der Waals surface area contributed by atoms with Gasteiger partial charge in [-0.15, -0.1) is 0 Å². The molecule has 1 aromatic heterocycles. The second-order valence-electron chi connectivity index (χ2n) is 3.77. The van der Waals surface area contributed by atoms with Crippen LogP contribution in [0.5, 0.6) is 0 Å². The van der Waals surface area contributed by atoms with Gasteiger partial charge in [-0.2, -0.15) is 0 Å². The average Bonchev–Trinajstić information content (AvgIpc) is 2.33. The Labute approximate surface area is 93.8 Å². The van der Waals surface area contributed by atoms with Gasteiger partial charge in [0, 0.05) is 36.9 Å². The Morgan fingerprint density at radius 2 is 2.12 bits per heavy atom. The first-order valence-corrected chi connectivity index (χ1v) is 5.28. The largest absolute Gasteiger partial charge is 0.378 e. The van der Waals surface area contributed by atoms with Crippen molar-refractivity contribution in [3.8, 4) is 0 Å². The zero-order chi connectivity index (χ0) is 11.5. The second kappa shape index (κ2) is 4.49. The molecule has 1 saturated heterocycles. The van der Waals surface area contributed by atoms with Crippen LogP contribution in [0.15, 0.2) is 18.2 Å². The predicted molar refractivity (Wildman–Crippen MR) is 55.3 cm³/mol. The summed E-state index contributed by atoms with van der Waals surface area (Å²) in [5.74, 6) is -0.158. The van der Waals surface area contributed by atoms with Crippen LogP contribution in [-0.2, 0) is 4.74 Å². The summed E-state index contributed by atoms with van der Waals surface area (Å²) in [4.78, 5) is 13.7. The SMILES string of the molecule is Cc1cccc(C(=O)N2CCOCC2)[n+]1O. The number of carbonyl (C=O) groups is 1. The molecule has 0 unspecified atom stereocenters. The van der Waals surface area contributed by atoms with Crippen molar-refractivity contribution in [2.45, 2.75) is 6.92 Å². The summed E-state index contributed by atoms with van der Waals surface area (Å²) in [6.07, 6.45) is 0. The molecule has 0 saturated carbocycles. The van der Waals surface area contributed by atoms with Crippen LogP contribution in [0, 0.1) is 6.92 Å². The van der Waals surface area contributed by atoms with Gasteiger partial charge in [-0.25, -0.2) is 0 Å². The van der Waals surface area contributed by atoms with Crippen molar-refractivity contribution < 1.29 is 19.5 Å². The Bertz CT molecular complexity index is 400. The number of aryl methyl sites for hydroxylation is 1. The van der Waals surface area contributed by atoms with Crippen LogP contribution in [0.3, 0.4) is 0 Å². The predicted octanol–water partition coefficient (Wildman–Crippen LogP) is -0.00778. The van der Waals surface area contributed by atoms with Gasteiger partial charge in [0.05, 0.1) is 13.2 Å². The fourth-order valence-corrected chi connectivity index (χ4v) is 1.70. The van der Waals surface area contributed by atoms with Crippen LogP contribution in [0.25, 0.3) is 0 Å². The third-order valence-corrected chi connectivity index (χ3v) is 2.67. The van der Waals surface area contributed by atoms with Gasteiger partial charge in [0.1, 0.15) is 0 Å². The van der Waals surface area contributed by atoms with Gasteiger partial charge in [-0.3, -0.25) is 10.0 Å². The van der Waals surface area contributed by atoms with E-state index in [1.54, 1.807) is 30.0 Å². The molecule has 2 heterocycles. The van der Waals surface area contributed by atoms with Crippen LogP contribution in [0.4, 0.5) is 0 Å². The first-order valence-electron chi connectivity index (χ1n) is 5.28. The van der Waals surface area contributed by atoms with Crippen LogP contribution in [0.1, 0.15) is 16.2 Å². The van der Waals surface area contributed by atoms with E-state index in [2.05, 4.69) is 0 Å². The van der Waals surface area contributed by atoms with E-state index < -0.39 is 0 Å². The van der Waals surface area contributed by atoms with Gasteiger partial charge in [0.2, 0.25) is 5.69 Å². The third-order valence-electron chi connectivity index (χ3n) is 2.67. The second-order valence-corrected chi connectivity index (χ2v) is 3.77. The van der Waals surface area contributed by atoms with E-state index in [1.165, 1.54) is 0 Å². The molecule has 86 valence electrons. The van der Waals surface area contributed by atoms with Crippen molar-refractivity contribution in [2.24, 2.45) is 0 Å². The lowest BCUT2D eigenvalue weighted by molar-refractivity contribution is -0.910. The van der Waals surface area contributed by atoms with Crippen LogP contribution in [0.2, 0.25) is 0 Å². The quantitative estimate of drug-likeness (QED) is 0.538. The molecule has 5 nitrogen and oxygen atoms in total. The number of ether oxygens (including phenoxy) is 1. The van der Waals surface area contributed by atoms with Crippen molar-refractivity contribution in [2.75, 3.05) is 26.3 Å². The summed E-state index contributed by atoms with van der Waals surface area (Å²) in [6, 6.07) is 5.12. The van der Waals surface area contributed by atoms with Gasteiger partial charge < -0.3 is 9.64 Å². The average molecular weight is 223 g/mol. The first-order chi connectivity index (χ1) is 7.70. The molecule has 1 aliphatic rings. The lowest BCUT2D eigenvalue weighted by Gasteiger charge is -2.25. The minimum absolute atomic E-state index is 0.158. The van der Waals surface area contributed by atoms with E-state index in [0.717, 1.165) is 4.73 Å². The third kappa shape index (κ3) is 1.99. The van der Waals surface area contributed by atoms with Crippen LogP contribution >= 0.6 is 0 Å². The highest BCUT2D eigenvalue weighted by Gasteiger charge is 2.27. The first kappa shape index (κ1) is 10.9. The zero-order valence-electron chi connectivity index (χ0n) is 9.22. The molecule has 0 radical (unpaired) electrons. The number of amides is 1. The molecule has 1 fully saturated rings. The molecular formula is C11H15N2O3+. The summed E-state index contributed by atoms with van der Waals surface area (Å²) in [5.41, 5.74) is 0.931. The molecule has 1 aromatic rings. The lowest BCUT2D eigenvalue weighted by atomic mass is 10.2. The number of carbonyl (C=O) groups excluding carboxylic acids is 1. The van der Waals surface area contributed by atoms with Crippen molar-refractivity contribution >= 4 is 5.91 Å². The maximum atomic E-state index is 12.1. The fourth-order valence-electron chi connectivity index (χ4n) is 1.70. The number of morpholine rings is 1. The summed E-state index contributed by atoms with van der Waals surface area (Å²) in [6.45, 7) is 4.02. The Balaban J connectivity index is 2.22. The smallest absolute Gasteiger partial charge is 0.323 e. The van der Waals surface area contributed by atoms with E-state index in [0.29, 0.717) is 37.7 Å². The van der Waals surface area contributed by atoms with Crippen molar-refractivity contribution in [3.05, 3.63) is 29.6 Å². The summed E-state index contributed by atoms with van der Waals surface area (Å²) < 4.78 is 6.10. The fraction of sp³-hybridized carbons (Fsp3) is 0.455. The summed E-state index contributed by atoms with van der Waals surface area (Å²) >= 11 is 0. The Morgan fingerprint density at radius 1 is 1.44 bits per heavy atom. The molecule has 5 heteroatoms. The number of aromatic nitrogens is 1. The number of pyridine rings is 1. The Hall–Kier alpha value is -1.62. The maximum absolute atomic E-state index is 12.1. The molecule has 1 amide bonds. The van der Waals surface area contributed by atoms with E-state index in [4.69, 9.17) is 4.74 Å². The Morgan fingerprint density at radius 3 is 2.81 bits per heavy atom. The van der Waals surface area contributed by atoms with Crippen molar-refractivity contribution in [1.82, 2.24) is 4.90 Å². The van der Waals surface area contributed by atoms with E-state index in [1.807, 2.05) is 0 Å². The lowest BCUT2D eigenvalue weighted by Crippen LogP contribution is -2.48. The Kier molecular flexibility index (Phi) is 3.05. The highest BCUT2D eigenvalue weighted by molar-refractivity contribution is 5.90. The van der Waals surface area contributed by atoms with Gasteiger partial charge in [-0.1, -0.05) is 0 Å². The summed E-state index contributed by atoms with van der Waals surface area (Å²) in [7, 11) is 0. The molecule has 0 bridgehead atoms. The normalized spacial score (nSPS) is 16.2. The molecule has 16 heavy (non-hydrogen) atoms. The molecular weight excluding hydrogens is 208 g/mol. The van der Waals surface area contributed by atoms with E-state index >= 15 is 0 Å². The molecule has 1 aliphatic heterocycles. The molecule has 2 rings (SSSR count). The number of rotatable bonds is 1. The minimum Gasteiger partial charge on any atom is -0.378 e. The standard InChI is InChI=1S/C11H15N2O3/c1-9-3-2-4-10(13(9)15)11(14)12-5-7-16-8-6-12/h2-4,15H,5-8H2,1H3/q+1. The van der Waals surface area contributed by atoms with Gasteiger partial charge in [-0.05, 0) is 6.07 Å². The summed E-state index contributed by atoms with van der Waals surface area (Å²) in [5, 5.41) is 9.74. The molecule has 1 N–H and O–H groups in total. The highest BCUT2D eigenvalue weighted by atomic mass is 16.5. The van der Waals surface area contributed by atoms with Gasteiger partial charge in [0.15, 0.2) is 0 Å². The van der Waals surface area contributed by atoms with Crippen molar-refractivity contribution in [1.29, 1.82) is 0 Å². The van der Waals surface area contributed by atoms with Gasteiger partial charge >= 0.3 is 11.6 Å². The number of hydrogen-bond donors (Lipinski definition) is 1. The highest BCUT2D eigenvalue weighted by Crippen LogP contribution is 2.04. The van der Waals surface area contributed by atoms with Gasteiger partial charge in [0.25, 0.3) is 0 Å². The molecule has 0 atom stereocenters. The minimum atomic E-state index is -0.158. The number of nitrogens with zero attached hydrogens (tertiary/aromatic N) is 2. The topological polar surface area (TPSA) is 53.7 Å². The van der Waals surface area contributed by atoms with Crippen molar-refractivity contribution in [3.63, 3.8) is 0 Å². The van der Waals surface area contributed by atoms with Crippen LogP contribution < -0.4 is 4.73 Å². The maximum Gasteiger partial charge on any atom is 0.323 e. The molecule has 0 spiro atoms. The van der Waals surface area contributed by atoms with E-state index in [-0.39, 0.29) is 5.91 Å². The molecule has 0 aromatic carbocycles. The van der Waals surface area contributed by atoms with E-state index in [9.17, 15) is 10.0 Å². The van der Waals surface area contributed by atoms with Crippen LogP contribution in [-0.4, -0.2) is 42.3 Å². The molecule has 0 aliphatic carbocycles. The number of hydrogen-bond acceptors (Lipinski definition) is 3. The zero-order valence-corrected chi connectivity index (χ0v) is 9.22.